The molecule has 3 unspecified atom stereocenters. The molecule has 3 saturated heterocycles. The first-order valence-electron chi connectivity index (χ1n) is 16.4. The summed E-state index contributed by atoms with van der Waals surface area (Å²) in [5, 5.41) is 9.90. The first kappa shape index (κ1) is 35.0. The van der Waals surface area contributed by atoms with Crippen molar-refractivity contribution in [3.8, 4) is 5.75 Å². The molecule has 252 valence electrons. The number of benzene rings is 2. The Balaban J connectivity index is 1.52. The van der Waals surface area contributed by atoms with E-state index in [1.165, 1.54) is 4.90 Å². The lowest BCUT2D eigenvalue weighted by atomic mass is 9.70. The Hall–Kier alpha value is -3.28. The minimum Gasteiger partial charge on any atom is -0.494 e. The van der Waals surface area contributed by atoms with E-state index in [-0.39, 0.29) is 54.0 Å². The zero-order chi connectivity index (χ0) is 33.9. The summed E-state index contributed by atoms with van der Waals surface area (Å²) in [6, 6.07) is 14.3. The summed E-state index contributed by atoms with van der Waals surface area (Å²) in [5.41, 5.74) is 2.45. The summed E-state index contributed by atoms with van der Waals surface area (Å²) in [7, 11) is 0. The van der Waals surface area contributed by atoms with Crippen molar-refractivity contribution in [1.82, 2.24) is 4.90 Å². The summed E-state index contributed by atoms with van der Waals surface area (Å²) >= 11 is 5.44. The van der Waals surface area contributed by atoms with Crippen LogP contribution in [0.3, 0.4) is 0 Å². The second-order valence-electron chi connectivity index (χ2n) is 12.0. The summed E-state index contributed by atoms with van der Waals surface area (Å²) in [6.07, 6.45) is 3.91. The van der Waals surface area contributed by atoms with Gasteiger partial charge in [-0.1, -0.05) is 28.1 Å². The van der Waals surface area contributed by atoms with E-state index >= 15 is 0 Å². The van der Waals surface area contributed by atoms with Crippen LogP contribution in [0.5, 0.6) is 5.75 Å². The van der Waals surface area contributed by atoms with Crippen LogP contribution in [0.4, 0.5) is 17.1 Å². The lowest BCUT2D eigenvalue weighted by Crippen LogP contribution is -2.56. The molecule has 0 aliphatic carbocycles. The Bertz CT molecular complexity index is 1470. The van der Waals surface area contributed by atoms with Gasteiger partial charge in [-0.15, -0.1) is 24.9 Å². The average molecular weight is 726 g/mol. The molecule has 11 heteroatoms. The van der Waals surface area contributed by atoms with E-state index in [1.807, 2.05) is 55.5 Å². The van der Waals surface area contributed by atoms with Gasteiger partial charge >= 0.3 is 0 Å². The zero-order valence-corrected chi connectivity index (χ0v) is 29.8. The summed E-state index contributed by atoms with van der Waals surface area (Å²) in [4.78, 5) is 50.8. The normalized spacial score (nSPS) is 25.8. The molecule has 0 radical (unpaired) electrons. The van der Waals surface area contributed by atoms with Gasteiger partial charge in [-0.3, -0.25) is 14.4 Å². The van der Waals surface area contributed by atoms with Crippen molar-refractivity contribution in [2.24, 2.45) is 11.8 Å². The number of fused-ring (bicyclic) bond motifs is 1. The second-order valence-corrected chi connectivity index (χ2v) is 14.7. The Kier molecular flexibility index (Phi) is 11.1. The van der Waals surface area contributed by atoms with E-state index < -0.39 is 22.6 Å². The van der Waals surface area contributed by atoms with Gasteiger partial charge in [0.15, 0.2) is 0 Å². The molecule has 47 heavy (non-hydrogen) atoms. The quantitative estimate of drug-likeness (QED) is 0.201. The van der Waals surface area contributed by atoms with Crippen molar-refractivity contribution >= 4 is 62.5 Å². The first-order valence-corrected chi connectivity index (χ1v) is 18.2. The summed E-state index contributed by atoms with van der Waals surface area (Å²) in [5.74, 6) is -1.35. The molecule has 1 spiro atoms. The first-order chi connectivity index (χ1) is 22.7. The molecule has 2 bridgehead atoms. The predicted molar refractivity (Wildman–Crippen MR) is 194 cm³/mol. The Morgan fingerprint density at radius 1 is 0.979 bits per heavy atom. The van der Waals surface area contributed by atoms with Crippen LogP contribution in [-0.4, -0.2) is 94.5 Å². The van der Waals surface area contributed by atoms with Crippen molar-refractivity contribution in [1.29, 1.82) is 0 Å². The van der Waals surface area contributed by atoms with E-state index in [9.17, 15) is 19.5 Å². The fourth-order valence-electron chi connectivity index (χ4n) is 7.59. The minimum atomic E-state index is -0.860. The molecule has 9 nitrogen and oxygen atoms in total. The smallest absolute Gasteiger partial charge is 0.251 e. The van der Waals surface area contributed by atoms with Crippen LogP contribution in [-0.2, 0) is 14.4 Å². The molecular formula is C36H45BrN4O5S. The number of halogens is 1. The van der Waals surface area contributed by atoms with Gasteiger partial charge in [-0.25, -0.2) is 0 Å². The molecule has 0 aromatic heterocycles. The number of β-amino-alcohol motifs (C(OH)–C–C–N with tert-alkyl or cyclic N) is 1. The van der Waals surface area contributed by atoms with Crippen molar-refractivity contribution in [3.05, 3.63) is 73.8 Å². The van der Waals surface area contributed by atoms with Gasteiger partial charge in [0.25, 0.3) is 5.91 Å². The van der Waals surface area contributed by atoms with E-state index in [0.29, 0.717) is 30.2 Å². The third-order valence-electron chi connectivity index (χ3n) is 9.55. The molecule has 6 atom stereocenters. The molecule has 3 aliphatic rings. The standard InChI is InChI=1S/C36H45BrN4O5S/c1-6-19-39(26-15-17-27(18-16-26)46-10-5)33(43)29-30-34(44)41(21-22-42)32(36(30)23-28(37)31(29)47-36)35(45)40(20-7-2)25-13-11-24(12-14-25)38(8-3)9-4/h6-7,11-18,28-32,42H,1-2,8-10,19-23H2,3-5H3/t28?,29-,30+,31-,32?,36?/m1/s1. The van der Waals surface area contributed by atoms with E-state index in [1.54, 1.807) is 33.7 Å². The Morgan fingerprint density at radius 2 is 1.53 bits per heavy atom. The molecule has 5 rings (SSSR count). The van der Waals surface area contributed by atoms with Gasteiger partial charge in [0, 0.05) is 59.9 Å². The fraction of sp³-hybridized carbons (Fsp3) is 0.472. The van der Waals surface area contributed by atoms with Crippen LogP contribution in [0.15, 0.2) is 73.8 Å². The molecule has 1 N–H and O–H groups in total. The van der Waals surface area contributed by atoms with Gasteiger partial charge in [0.2, 0.25) is 11.8 Å². The number of aliphatic hydroxyl groups is 1. The van der Waals surface area contributed by atoms with Crippen molar-refractivity contribution in [2.75, 3.05) is 60.6 Å². The van der Waals surface area contributed by atoms with Gasteiger partial charge in [0.05, 0.1) is 29.8 Å². The lowest BCUT2D eigenvalue weighted by molar-refractivity contribution is -0.139. The molecule has 3 heterocycles. The number of likely N-dealkylation sites (tertiary alicyclic amines) is 1. The van der Waals surface area contributed by atoms with Gasteiger partial charge < -0.3 is 29.4 Å². The van der Waals surface area contributed by atoms with Crippen molar-refractivity contribution in [3.63, 3.8) is 0 Å². The lowest BCUT2D eigenvalue weighted by Gasteiger charge is -2.38. The fourth-order valence-corrected chi connectivity index (χ4v) is 11.2. The topological polar surface area (TPSA) is 93.6 Å². The maximum atomic E-state index is 14.8. The van der Waals surface area contributed by atoms with E-state index in [2.05, 4.69) is 47.8 Å². The highest BCUT2D eigenvalue weighted by molar-refractivity contribution is 9.09. The molecule has 2 aromatic carbocycles. The number of carbonyl (C=O) groups is 3. The largest absolute Gasteiger partial charge is 0.494 e. The van der Waals surface area contributed by atoms with E-state index in [4.69, 9.17) is 4.74 Å². The van der Waals surface area contributed by atoms with E-state index in [0.717, 1.165) is 18.8 Å². The molecule has 3 amide bonds. The maximum Gasteiger partial charge on any atom is 0.251 e. The number of hydrogen-bond acceptors (Lipinski definition) is 7. The number of amides is 3. The number of thioether (sulfide) groups is 1. The van der Waals surface area contributed by atoms with Crippen LogP contribution in [0.1, 0.15) is 27.2 Å². The third kappa shape index (κ3) is 6.22. The highest BCUT2D eigenvalue weighted by Gasteiger charge is 2.76. The number of ether oxygens (including phenoxy) is 1. The van der Waals surface area contributed by atoms with Crippen LogP contribution >= 0.6 is 27.7 Å². The maximum absolute atomic E-state index is 14.8. The number of nitrogens with zero attached hydrogens (tertiary/aromatic N) is 4. The second kappa shape index (κ2) is 14.9. The third-order valence-corrected chi connectivity index (χ3v) is 12.8. The Labute approximate surface area is 290 Å². The summed E-state index contributed by atoms with van der Waals surface area (Å²) in [6.45, 7) is 16.4. The van der Waals surface area contributed by atoms with Crippen molar-refractivity contribution < 1.29 is 24.2 Å². The highest BCUT2D eigenvalue weighted by Crippen LogP contribution is 2.68. The van der Waals surface area contributed by atoms with Crippen LogP contribution in [0.25, 0.3) is 0 Å². The molecular weight excluding hydrogens is 680 g/mol. The minimum absolute atomic E-state index is 0.00463. The molecule has 3 fully saturated rings. The number of aliphatic hydroxyl groups excluding tert-OH is 1. The van der Waals surface area contributed by atoms with Gasteiger partial charge in [-0.05, 0) is 75.7 Å². The number of rotatable bonds is 15. The zero-order valence-electron chi connectivity index (χ0n) is 27.4. The number of anilines is 3. The average Bonchev–Trinajstić information content (AvgIpc) is 3.67. The number of hydrogen-bond donors (Lipinski definition) is 1. The summed E-state index contributed by atoms with van der Waals surface area (Å²) < 4.78 is 4.76. The molecule has 3 aliphatic heterocycles. The predicted octanol–water partition coefficient (Wildman–Crippen LogP) is 5.13. The molecule has 2 aromatic rings. The van der Waals surface area contributed by atoms with Crippen molar-refractivity contribution in [2.45, 2.75) is 48.1 Å². The SMILES string of the molecule is C=CCN(C(=O)C1N(CCO)C(=O)[C@@H]2[C@@H](C(=O)N(CC=C)c3ccc(OCC)cc3)[C@@H]3SC12CC3Br)c1ccc(N(CC)CC)cc1. The number of alkyl halides is 1. The molecule has 0 saturated carbocycles. The number of carbonyl (C=O) groups excluding carboxylic acids is 3. The van der Waals surface area contributed by atoms with Gasteiger partial charge in [-0.2, -0.15) is 0 Å². The van der Waals surface area contributed by atoms with Crippen LogP contribution in [0.2, 0.25) is 0 Å². The Morgan fingerprint density at radius 3 is 2.06 bits per heavy atom. The highest BCUT2D eigenvalue weighted by atomic mass is 79.9. The van der Waals surface area contributed by atoms with Crippen LogP contribution in [0, 0.1) is 11.8 Å². The monoisotopic (exact) mass is 724 g/mol. The van der Waals surface area contributed by atoms with Crippen LogP contribution < -0.4 is 19.4 Å². The van der Waals surface area contributed by atoms with Gasteiger partial charge in [0.1, 0.15) is 11.8 Å².